The molecule has 0 bridgehead atoms. The van der Waals surface area contributed by atoms with Crippen LogP contribution in [-0.2, 0) is 0 Å². The molecular formula is C13H10ClN3. The second-order valence-corrected chi connectivity index (χ2v) is 4.30. The summed E-state index contributed by atoms with van der Waals surface area (Å²) in [5, 5.41) is 0.630. The number of halogens is 1. The minimum Gasteiger partial charge on any atom is -0.323 e. The summed E-state index contributed by atoms with van der Waals surface area (Å²) in [4.78, 5) is 12.0. The number of aryl methyl sites for hydroxylation is 1. The quantitative estimate of drug-likeness (QED) is 0.710. The van der Waals surface area contributed by atoms with Gasteiger partial charge in [0, 0.05) is 11.3 Å². The Morgan fingerprint density at radius 1 is 1.12 bits per heavy atom. The van der Waals surface area contributed by atoms with E-state index in [0.29, 0.717) is 5.02 Å². The molecule has 0 amide bonds. The van der Waals surface area contributed by atoms with Gasteiger partial charge in [0.1, 0.15) is 11.3 Å². The molecule has 1 aromatic carbocycles. The van der Waals surface area contributed by atoms with E-state index in [9.17, 15) is 0 Å². The summed E-state index contributed by atoms with van der Waals surface area (Å²) in [6, 6.07) is 11.7. The number of nitrogens with zero attached hydrogens (tertiary/aromatic N) is 2. The molecule has 0 atom stereocenters. The van der Waals surface area contributed by atoms with Crippen LogP contribution >= 0.6 is 11.6 Å². The standard InChI is InChI=1S/C13H10ClN3/c1-8-7-10(14)11-13(15-8)17-12(16-11)9-5-3-2-4-6-9/h2-7H,1H3,(H,15,16,17). The number of benzene rings is 1. The summed E-state index contributed by atoms with van der Waals surface area (Å²) in [5.41, 5.74) is 3.36. The van der Waals surface area contributed by atoms with E-state index in [-0.39, 0.29) is 0 Å². The molecule has 0 spiro atoms. The van der Waals surface area contributed by atoms with Gasteiger partial charge in [-0.3, -0.25) is 0 Å². The zero-order chi connectivity index (χ0) is 11.8. The summed E-state index contributed by atoms with van der Waals surface area (Å²) in [6.07, 6.45) is 0. The Balaban J connectivity index is 2.24. The molecule has 0 aliphatic rings. The Hall–Kier alpha value is -1.87. The van der Waals surface area contributed by atoms with Crippen molar-refractivity contribution < 1.29 is 0 Å². The SMILES string of the molecule is Cc1cc(Cl)c2nc(-c3ccccc3)[nH]c2n1. The van der Waals surface area contributed by atoms with Crippen molar-refractivity contribution in [1.82, 2.24) is 15.0 Å². The van der Waals surface area contributed by atoms with Gasteiger partial charge >= 0.3 is 0 Å². The fraction of sp³-hybridized carbons (Fsp3) is 0.0769. The first-order valence-corrected chi connectivity index (χ1v) is 5.70. The third-order valence-corrected chi connectivity index (χ3v) is 2.87. The van der Waals surface area contributed by atoms with E-state index in [4.69, 9.17) is 11.6 Å². The van der Waals surface area contributed by atoms with E-state index >= 15 is 0 Å². The van der Waals surface area contributed by atoms with E-state index in [1.807, 2.05) is 43.3 Å². The van der Waals surface area contributed by atoms with Crippen LogP contribution in [0.4, 0.5) is 0 Å². The van der Waals surface area contributed by atoms with Crippen molar-refractivity contribution in [1.29, 1.82) is 0 Å². The Kier molecular flexibility index (Phi) is 2.34. The molecule has 0 aliphatic heterocycles. The minimum absolute atomic E-state index is 0.630. The Labute approximate surface area is 103 Å². The lowest BCUT2D eigenvalue weighted by Gasteiger charge is -1.93. The molecule has 84 valence electrons. The average molecular weight is 244 g/mol. The van der Waals surface area contributed by atoms with Gasteiger partial charge in [0.2, 0.25) is 0 Å². The molecule has 0 saturated carbocycles. The van der Waals surface area contributed by atoms with E-state index < -0.39 is 0 Å². The van der Waals surface area contributed by atoms with Gasteiger partial charge in [0.05, 0.1) is 5.02 Å². The second kappa shape index (κ2) is 3.86. The normalized spacial score (nSPS) is 10.9. The number of aromatic nitrogens is 3. The first kappa shape index (κ1) is 10.3. The second-order valence-electron chi connectivity index (χ2n) is 3.89. The molecule has 0 radical (unpaired) electrons. The van der Waals surface area contributed by atoms with Gasteiger partial charge in [-0.2, -0.15) is 0 Å². The van der Waals surface area contributed by atoms with Gasteiger partial charge in [0.15, 0.2) is 5.65 Å². The summed E-state index contributed by atoms with van der Waals surface area (Å²) >= 11 is 6.14. The molecule has 1 N–H and O–H groups in total. The van der Waals surface area contributed by atoms with Crippen LogP contribution < -0.4 is 0 Å². The fourth-order valence-corrected chi connectivity index (χ4v) is 2.09. The Bertz CT molecular complexity index is 674. The van der Waals surface area contributed by atoms with E-state index in [2.05, 4.69) is 15.0 Å². The summed E-state index contributed by atoms with van der Waals surface area (Å²) in [6.45, 7) is 1.91. The van der Waals surface area contributed by atoms with Crippen molar-refractivity contribution in [2.45, 2.75) is 6.92 Å². The van der Waals surface area contributed by atoms with Crippen LogP contribution in [0.15, 0.2) is 36.4 Å². The summed E-state index contributed by atoms with van der Waals surface area (Å²) < 4.78 is 0. The first-order valence-electron chi connectivity index (χ1n) is 5.32. The molecule has 2 heterocycles. The largest absolute Gasteiger partial charge is 0.323 e. The van der Waals surface area contributed by atoms with Gasteiger partial charge in [-0.25, -0.2) is 9.97 Å². The lowest BCUT2D eigenvalue weighted by atomic mass is 10.2. The number of fused-ring (bicyclic) bond motifs is 1. The average Bonchev–Trinajstić information content (AvgIpc) is 2.74. The number of H-pyrrole nitrogens is 1. The molecule has 4 heteroatoms. The van der Waals surface area contributed by atoms with Crippen molar-refractivity contribution in [3.8, 4) is 11.4 Å². The zero-order valence-electron chi connectivity index (χ0n) is 9.24. The maximum atomic E-state index is 6.14. The number of nitrogens with one attached hydrogen (secondary N) is 1. The van der Waals surface area contributed by atoms with Crippen molar-refractivity contribution in [3.05, 3.63) is 47.1 Å². The van der Waals surface area contributed by atoms with Gasteiger partial charge in [-0.15, -0.1) is 0 Å². The number of hydrogen-bond acceptors (Lipinski definition) is 2. The van der Waals surface area contributed by atoms with Crippen molar-refractivity contribution in [2.24, 2.45) is 0 Å². The van der Waals surface area contributed by atoms with Crippen LogP contribution in [-0.4, -0.2) is 15.0 Å². The van der Waals surface area contributed by atoms with E-state index in [1.165, 1.54) is 0 Å². The van der Waals surface area contributed by atoms with Crippen LogP contribution in [0.25, 0.3) is 22.6 Å². The van der Waals surface area contributed by atoms with Crippen LogP contribution in [0.5, 0.6) is 0 Å². The molecule has 3 aromatic rings. The highest BCUT2D eigenvalue weighted by Gasteiger charge is 2.09. The predicted octanol–water partition coefficient (Wildman–Crippen LogP) is 3.59. The molecule has 2 aromatic heterocycles. The lowest BCUT2D eigenvalue weighted by Crippen LogP contribution is -1.82. The highest BCUT2D eigenvalue weighted by molar-refractivity contribution is 6.34. The van der Waals surface area contributed by atoms with Crippen LogP contribution in [0, 0.1) is 6.92 Å². The zero-order valence-corrected chi connectivity index (χ0v) is 9.99. The Morgan fingerprint density at radius 3 is 2.65 bits per heavy atom. The summed E-state index contributed by atoms with van der Waals surface area (Å²) in [7, 11) is 0. The van der Waals surface area contributed by atoms with Crippen molar-refractivity contribution in [2.75, 3.05) is 0 Å². The minimum atomic E-state index is 0.630. The smallest absolute Gasteiger partial charge is 0.159 e. The molecule has 3 rings (SSSR count). The molecule has 0 fully saturated rings. The monoisotopic (exact) mass is 243 g/mol. The third kappa shape index (κ3) is 1.78. The van der Waals surface area contributed by atoms with E-state index in [1.54, 1.807) is 0 Å². The number of rotatable bonds is 1. The fourth-order valence-electron chi connectivity index (χ4n) is 1.80. The highest BCUT2D eigenvalue weighted by atomic mass is 35.5. The number of pyridine rings is 1. The topological polar surface area (TPSA) is 41.6 Å². The number of hydrogen-bond donors (Lipinski definition) is 1. The highest BCUT2D eigenvalue weighted by Crippen LogP contribution is 2.24. The number of aromatic amines is 1. The van der Waals surface area contributed by atoms with Crippen molar-refractivity contribution >= 4 is 22.8 Å². The molecular weight excluding hydrogens is 234 g/mol. The lowest BCUT2D eigenvalue weighted by molar-refractivity contribution is 1.22. The summed E-state index contributed by atoms with van der Waals surface area (Å²) in [5.74, 6) is 0.792. The van der Waals surface area contributed by atoms with Gasteiger partial charge < -0.3 is 4.98 Å². The Morgan fingerprint density at radius 2 is 1.88 bits per heavy atom. The number of imidazole rings is 1. The predicted molar refractivity (Wildman–Crippen MR) is 69.1 cm³/mol. The van der Waals surface area contributed by atoms with Crippen LogP contribution in [0.2, 0.25) is 5.02 Å². The first-order chi connectivity index (χ1) is 8.24. The van der Waals surface area contributed by atoms with Crippen LogP contribution in [0.1, 0.15) is 5.69 Å². The van der Waals surface area contributed by atoms with Crippen molar-refractivity contribution in [3.63, 3.8) is 0 Å². The van der Waals surface area contributed by atoms with Gasteiger partial charge in [0.25, 0.3) is 0 Å². The third-order valence-electron chi connectivity index (χ3n) is 2.58. The van der Waals surface area contributed by atoms with Gasteiger partial charge in [-0.05, 0) is 13.0 Å². The maximum absolute atomic E-state index is 6.14. The molecule has 0 unspecified atom stereocenters. The molecule has 0 aliphatic carbocycles. The molecule has 0 saturated heterocycles. The van der Waals surface area contributed by atoms with E-state index in [0.717, 1.165) is 28.2 Å². The van der Waals surface area contributed by atoms with Crippen LogP contribution in [0.3, 0.4) is 0 Å². The molecule has 3 nitrogen and oxygen atoms in total. The molecule has 17 heavy (non-hydrogen) atoms. The van der Waals surface area contributed by atoms with Gasteiger partial charge in [-0.1, -0.05) is 41.9 Å². The maximum Gasteiger partial charge on any atom is 0.159 e.